The Morgan fingerprint density at radius 2 is 1.68 bits per heavy atom. The molecule has 7 nitrogen and oxygen atoms in total. The second-order valence-electron chi connectivity index (χ2n) is 7.28. The number of esters is 1. The largest absolute Gasteiger partial charge is 0.449 e. The van der Waals surface area contributed by atoms with Gasteiger partial charge in [0.2, 0.25) is 0 Å². The van der Waals surface area contributed by atoms with Crippen LogP contribution in [0.5, 0.6) is 0 Å². The molecule has 0 spiro atoms. The Balaban J connectivity index is 1.95. The first-order valence-corrected chi connectivity index (χ1v) is 9.71. The summed E-state index contributed by atoms with van der Waals surface area (Å²) in [5, 5.41) is 1.94. The fraction of sp³-hybridized carbons (Fsp3) is 0.476. The molecule has 152 valence electrons. The van der Waals surface area contributed by atoms with Crippen LogP contribution in [-0.4, -0.2) is 37.1 Å². The molecule has 3 N–H and O–H groups in total. The Bertz CT molecular complexity index is 705. The molecule has 1 heterocycles. The van der Waals surface area contributed by atoms with Crippen LogP contribution in [0.2, 0.25) is 0 Å². The molecule has 1 saturated heterocycles. The van der Waals surface area contributed by atoms with Crippen LogP contribution in [0.3, 0.4) is 0 Å². The number of rotatable bonds is 6. The zero-order valence-electron chi connectivity index (χ0n) is 16.5. The van der Waals surface area contributed by atoms with Crippen molar-refractivity contribution in [1.82, 2.24) is 5.32 Å². The van der Waals surface area contributed by atoms with Gasteiger partial charge in [0.25, 0.3) is 5.91 Å². The molecule has 1 aromatic carbocycles. The number of imide groups is 1. The van der Waals surface area contributed by atoms with Gasteiger partial charge in [0.15, 0.2) is 6.10 Å². The molecule has 1 fully saturated rings. The minimum absolute atomic E-state index is 0.301. The monoisotopic (exact) mass is 387 g/mol. The molecule has 28 heavy (non-hydrogen) atoms. The quantitative estimate of drug-likeness (QED) is 0.577. The third-order valence-electron chi connectivity index (χ3n) is 4.63. The molecular weight excluding hydrogens is 358 g/mol. The Labute approximate surface area is 165 Å². The number of urea groups is 1. The van der Waals surface area contributed by atoms with Gasteiger partial charge in [-0.2, -0.15) is 0 Å². The standard InChI is InChI=1S/C21H29N3O4/c1-15(2)19(20(26)23-21(22)27)28-18(25)12-9-16-7-10-17(11-8-16)24-13-5-3-4-6-14-24/h7-12,15,19H,3-6,13-14H2,1-2H3,(H3,22,23,26,27)/b12-9+/t19-/m0/s1. The fourth-order valence-corrected chi connectivity index (χ4v) is 3.14. The van der Waals surface area contributed by atoms with Crippen LogP contribution in [0.15, 0.2) is 30.3 Å². The Morgan fingerprint density at radius 3 is 2.21 bits per heavy atom. The summed E-state index contributed by atoms with van der Waals surface area (Å²) in [6.07, 6.45) is 6.82. The van der Waals surface area contributed by atoms with E-state index in [4.69, 9.17) is 10.5 Å². The van der Waals surface area contributed by atoms with Crippen molar-refractivity contribution in [3.63, 3.8) is 0 Å². The van der Waals surface area contributed by atoms with E-state index in [1.165, 1.54) is 37.4 Å². The number of anilines is 1. The molecule has 1 atom stereocenters. The van der Waals surface area contributed by atoms with E-state index in [9.17, 15) is 14.4 Å². The number of nitrogens with zero attached hydrogens (tertiary/aromatic N) is 1. The maximum atomic E-state index is 12.1. The highest BCUT2D eigenvalue weighted by atomic mass is 16.5. The lowest BCUT2D eigenvalue weighted by Crippen LogP contribution is -2.45. The zero-order valence-corrected chi connectivity index (χ0v) is 16.5. The van der Waals surface area contributed by atoms with E-state index in [2.05, 4.69) is 4.90 Å². The van der Waals surface area contributed by atoms with E-state index in [0.717, 1.165) is 18.7 Å². The minimum atomic E-state index is -1.09. The van der Waals surface area contributed by atoms with Crippen molar-refractivity contribution in [3.8, 4) is 0 Å². The molecule has 2 rings (SSSR count). The summed E-state index contributed by atoms with van der Waals surface area (Å²) in [6.45, 7) is 5.57. The van der Waals surface area contributed by atoms with Gasteiger partial charge in [-0.25, -0.2) is 9.59 Å². The maximum absolute atomic E-state index is 12.1. The molecule has 0 aliphatic carbocycles. The number of hydrogen-bond donors (Lipinski definition) is 2. The van der Waals surface area contributed by atoms with Gasteiger partial charge in [-0.15, -0.1) is 0 Å². The van der Waals surface area contributed by atoms with Crippen molar-refractivity contribution in [2.75, 3.05) is 18.0 Å². The van der Waals surface area contributed by atoms with Crippen molar-refractivity contribution in [2.45, 2.75) is 45.6 Å². The molecule has 0 radical (unpaired) electrons. The first kappa shape index (κ1) is 21.5. The summed E-state index contributed by atoms with van der Waals surface area (Å²) in [6, 6.07) is 7.01. The van der Waals surface area contributed by atoms with Crippen molar-refractivity contribution in [3.05, 3.63) is 35.9 Å². The number of amides is 3. The topological polar surface area (TPSA) is 102 Å². The van der Waals surface area contributed by atoms with Gasteiger partial charge in [0.05, 0.1) is 0 Å². The van der Waals surface area contributed by atoms with Gasteiger partial charge < -0.3 is 15.4 Å². The van der Waals surface area contributed by atoms with Crippen LogP contribution in [0, 0.1) is 5.92 Å². The Morgan fingerprint density at radius 1 is 1.07 bits per heavy atom. The van der Waals surface area contributed by atoms with Crippen LogP contribution < -0.4 is 16.0 Å². The molecular formula is C21H29N3O4. The number of nitrogens with two attached hydrogens (primary N) is 1. The molecule has 1 aromatic rings. The summed E-state index contributed by atoms with van der Waals surface area (Å²) in [4.78, 5) is 37.2. The fourth-order valence-electron chi connectivity index (χ4n) is 3.14. The second kappa shape index (κ2) is 10.5. The van der Waals surface area contributed by atoms with Crippen LogP contribution in [0.1, 0.15) is 45.1 Å². The highest BCUT2D eigenvalue weighted by Gasteiger charge is 2.26. The van der Waals surface area contributed by atoms with Crippen LogP contribution in [-0.2, 0) is 14.3 Å². The highest BCUT2D eigenvalue weighted by molar-refractivity contribution is 5.97. The minimum Gasteiger partial charge on any atom is -0.449 e. The van der Waals surface area contributed by atoms with Gasteiger partial charge in [0.1, 0.15) is 0 Å². The SMILES string of the molecule is CC(C)[C@H](OC(=O)/C=C/c1ccc(N2CCCCCC2)cc1)C(=O)NC(N)=O. The average molecular weight is 387 g/mol. The number of ether oxygens (including phenoxy) is 1. The van der Waals surface area contributed by atoms with E-state index < -0.39 is 24.0 Å². The van der Waals surface area contributed by atoms with Crippen molar-refractivity contribution >= 4 is 29.7 Å². The van der Waals surface area contributed by atoms with Gasteiger partial charge in [-0.05, 0) is 42.5 Å². The maximum Gasteiger partial charge on any atom is 0.331 e. The Hall–Kier alpha value is -2.83. The summed E-state index contributed by atoms with van der Waals surface area (Å²) in [5.41, 5.74) is 6.99. The molecule has 3 amide bonds. The van der Waals surface area contributed by atoms with Crippen LogP contribution in [0.25, 0.3) is 6.08 Å². The molecule has 0 unspecified atom stereocenters. The molecule has 1 aliphatic heterocycles. The number of carbonyl (C=O) groups is 3. The van der Waals surface area contributed by atoms with E-state index in [1.807, 2.05) is 29.6 Å². The average Bonchev–Trinajstić information content (AvgIpc) is 2.93. The Kier molecular flexibility index (Phi) is 8.04. The smallest absolute Gasteiger partial charge is 0.331 e. The highest BCUT2D eigenvalue weighted by Crippen LogP contribution is 2.20. The normalized spacial score (nSPS) is 15.9. The predicted octanol–water partition coefficient (Wildman–Crippen LogP) is 2.84. The van der Waals surface area contributed by atoms with E-state index >= 15 is 0 Å². The third-order valence-corrected chi connectivity index (χ3v) is 4.63. The van der Waals surface area contributed by atoms with Crippen molar-refractivity contribution in [2.24, 2.45) is 11.7 Å². The summed E-state index contributed by atoms with van der Waals surface area (Å²) < 4.78 is 5.18. The van der Waals surface area contributed by atoms with Crippen molar-refractivity contribution < 1.29 is 19.1 Å². The molecule has 0 aromatic heterocycles. The summed E-state index contributed by atoms with van der Waals surface area (Å²) >= 11 is 0. The number of nitrogens with one attached hydrogen (secondary N) is 1. The second-order valence-corrected chi connectivity index (χ2v) is 7.28. The third kappa shape index (κ3) is 6.72. The number of hydrogen-bond acceptors (Lipinski definition) is 5. The first-order valence-electron chi connectivity index (χ1n) is 9.71. The lowest BCUT2D eigenvalue weighted by atomic mass is 10.1. The number of carbonyl (C=O) groups excluding carboxylic acids is 3. The van der Waals surface area contributed by atoms with Crippen LogP contribution in [0.4, 0.5) is 10.5 Å². The van der Waals surface area contributed by atoms with E-state index in [0.29, 0.717) is 0 Å². The first-order chi connectivity index (χ1) is 13.4. The molecule has 7 heteroatoms. The van der Waals surface area contributed by atoms with Crippen molar-refractivity contribution in [1.29, 1.82) is 0 Å². The summed E-state index contributed by atoms with van der Waals surface area (Å²) in [7, 11) is 0. The van der Waals surface area contributed by atoms with E-state index in [-0.39, 0.29) is 5.92 Å². The van der Waals surface area contributed by atoms with Gasteiger partial charge in [-0.3, -0.25) is 10.1 Å². The molecule has 1 aliphatic rings. The predicted molar refractivity (Wildman–Crippen MR) is 109 cm³/mol. The number of benzene rings is 1. The zero-order chi connectivity index (χ0) is 20.5. The van der Waals surface area contributed by atoms with Gasteiger partial charge >= 0.3 is 12.0 Å². The molecule has 0 bridgehead atoms. The lowest BCUT2D eigenvalue weighted by Gasteiger charge is -2.22. The molecule has 0 saturated carbocycles. The van der Waals surface area contributed by atoms with E-state index in [1.54, 1.807) is 19.9 Å². The lowest BCUT2D eigenvalue weighted by molar-refractivity contribution is -0.153. The van der Waals surface area contributed by atoms with Crippen LogP contribution >= 0.6 is 0 Å². The number of primary amides is 1. The van der Waals surface area contributed by atoms with Gasteiger partial charge in [-0.1, -0.05) is 38.8 Å². The van der Waals surface area contributed by atoms with Gasteiger partial charge in [0, 0.05) is 24.9 Å². The summed E-state index contributed by atoms with van der Waals surface area (Å²) in [5.74, 6) is -1.69.